The average Bonchev–Trinajstić information content (AvgIpc) is 3.01. The molecule has 0 radical (unpaired) electrons. The number of terminal acetylenes is 1. The molecular weight excluding hydrogens is 869 g/mol. The minimum atomic E-state index is -0.876. The average molecular weight is 933 g/mol. The molecule has 0 aliphatic rings. The van der Waals surface area contributed by atoms with E-state index in [-0.39, 0.29) is 27.0 Å². The first-order valence-electron chi connectivity index (χ1n) is 16.4. The van der Waals surface area contributed by atoms with Crippen molar-refractivity contribution in [2.45, 2.75) is 152 Å². The molecule has 0 bridgehead atoms. The maximum atomic E-state index is 11.1. The molecule has 0 heterocycles. The molecule has 0 aliphatic heterocycles. The lowest BCUT2D eigenvalue weighted by Gasteiger charge is -2.17. The zero-order valence-electron chi connectivity index (χ0n) is 36.2. The zero-order valence-corrected chi connectivity index (χ0v) is 41.5. The molecule has 0 aromatic rings. The van der Waals surface area contributed by atoms with E-state index >= 15 is 0 Å². The van der Waals surface area contributed by atoms with Gasteiger partial charge < -0.3 is 39.4 Å². The number of carboxylic acids is 1. The molecule has 58 heavy (non-hydrogen) atoms. The van der Waals surface area contributed by atoms with Crippen LogP contribution in [-0.2, 0) is 87.7 Å². The van der Waals surface area contributed by atoms with Gasteiger partial charge in [0.15, 0.2) is 6.10 Å². The number of rotatable bonds is 3. The van der Waals surface area contributed by atoms with Crippen molar-refractivity contribution in [1.82, 2.24) is 0 Å². The van der Waals surface area contributed by atoms with E-state index in [1.165, 1.54) is 20.8 Å². The number of esters is 4. The van der Waals surface area contributed by atoms with Crippen LogP contribution in [-0.4, -0.2) is 91.5 Å². The zero-order chi connectivity index (χ0) is 46.5. The second-order valence-electron chi connectivity index (χ2n) is 13.7. The van der Waals surface area contributed by atoms with Crippen molar-refractivity contribution in [3.8, 4) is 47.9 Å². The molecule has 0 aromatic heterocycles. The van der Waals surface area contributed by atoms with Crippen molar-refractivity contribution in [3.05, 3.63) is 12.2 Å². The van der Waals surface area contributed by atoms with Gasteiger partial charge in [-0.1, -0.05) is 37.7 Å². The van der Waals surface area contributed by atoms with Crippen molar-refractivity contribution in [2.75, 3.05) is 0 Å². The summed E-state index contributed by atoms with van der Waals surface area (Å²) in [6, 6.07) is 0. The fraction of sp³-hybridized carbons (Fsp3) is 0.615. The Hall–Kier alpha value is -3.21. The Morgan fingerprint density at radius 2 is 0.845 bits per heavy atom. The summed E-state index contributed by atoms with van der Waals surface area (Å²) in [5.74, 6) is 12.9. The van der Waals surface area contributed by atoms with Crippen LogP contribution in [0.15, 0.2) is 12.2 Å². The number of aliphatic hydroxyl groups is 3. The van der Waals surface area contributed by atoms with Gasteiger partial charge in [0.2, 0.25) is 0 Å². The van der Waals surface area contributed by atoms with E-state index in [1.807, 2.05) is 13.8 Å². The number of carbonyl (C=O) groups is 5. The maximum Gasteiger partial charge on any atom is 0.384 e. The summed E-state index contributed by atoms with van der Waals surface area (Å²) in [6.07, 6.45) is 4.69. The lowest BCUT2D eigenvalue weighted by molar-refractivity contribution is -0.148. The molecule has 0 aliphatic carbocycles. The van der Waals surface area contributed by atoms with Crippen molar-refractivity contribution in [1.29, 1.82) is 0 Å². The molecule has 0 unspecified atom stereocenters. The van der Waals surface area contributed by atoms with E-state index in [0.717, 1.165) is 6.08 Å². The van der Waals surface area contributed by atoms with Crippen molar-refractivity contribution >= 4 is 102 Å². The van der Waals surface area contributed by atoms with Crippen LogP contribution >= 0.6 is 27.0 Å². The Bertz CT molecular complexity index is 1350. The normalized spacial score (nSPS) is 11.2. The van der Waals surface area contributed by atoms with Gasteiger partial charge in [-0.2, -0.15) is 27.0 Å². The molecule has 0 amide bonds. The molecule has 0 aromatic carbocycles. The highest BCUT2D eigenvalue weighted by atomic mass is 32.8. The number of aliphatic hydroxyl groups excluding tert-OH is 3. The predicted octanol–water partition coefficient (Wildman–Crippen LogP) is 4.21. The fourth-order valence-corrected chi connectivity index (χ4v) is 1.95. The van der Waals surface area contributed by atoms with E-state index in [1.54, 1.807) is 82.2 Å². The van der Waals surface area contributed by atoms with Gasteiger partial charge in [0, 0.05) is 75.5 Å². The van der Waals surface area contributed by atoms with E-state index in [4.69, 9.17) is 39.4 Å². The SMILES string of the molecule is C#C[C@H](C)O.CC(=O)O[C@@H](C)C#CC(=O)OC(C)(C)C.CC(C)/C=C\C(=O)O.C[C@H](O)C#CC(=O)OC(C)(C)C.C[C@H](O)C#CC(=O)OC(C)(C)C.S.S.S=S.S=S. The van der Waals surface area contributed by atoms with Crippen LogP contribution in [0.5, 0.6) is 0 Å². The molecule has 0 saturated heterocycles. The van der Waals surface area contributed by atoms with Crippen LogP contribution in [0.4, 0.5) is 0 Å². The molecule has 0 rings (SSSR count). The Morgan fingerprint density at radius 1 is 0.586 bits per heavy atom. The summed E-state index contributed by atoms with van der Waals surface area (Å²) in [6.45, 7) is 27.0. The molecule has 4 atom stereocenters. The standard InChI is InChI=1S/C11H16O4.2C9H14O3.C6H10O2.C4H6O.2S2.2H2S/c1-8(14-9(2)12)6-7-10(13)15-11(3,4)5;2*1-7(10)5-6-8(11)12-9(2,3)4;1-5(2)3-4-6(7)8;1-3-4(2)5;2*1-2;;/h8H,1-5H3;2*7,10H,1-4H3;3-5H,1-2H3,(H,7,8);1,4-5H,2H3;;;2*1H2/b;;;4-3-;;;;;/t8-;2*7-;;4-;;;;/m000.0..../s1. The van der Waals surface area contributed by atoms with Crippen molar-refractivity contribution in [2.24, 2.45) is 5.92 Å². The number of aliphatic carboxylic acids is 1. The quantitative estimate of drug-likeness (QED) is 0.103. The fourth-order valence-electron chi connectivity index (χ4n) is 1.95. The summed E-state index contributed by atoms with van der Waals surface area (Å²) in [5.41, 5.74) is -1.61. The summed E-state index contributed by atoms with van der Waals surface area (Å²) in [4.78, 5) is 53.2. The van der Waals surface area contributed by atoms with E-state index < -0.39 is 71.1 Å². The smallest absolute Gasteiger partial charge is 0.384 e. The second kappa shape index (κ2) is 44.9. The third-order valence-electron chi connectivity index (χ3n) is 3.55. The first-order chi connectivity index (χ1) is 25.2. The summed E-state index contributed by atoms with van der Waals surface area (Å²) in [5, 5.41) is 33.6. The number of carboxylic acid groups (broad SMARTS) is 1. The van der Waals surface area contributed by atoms with Gasteiger partial charge in [-0.3, -0.25) is 4.79 Å². The Morgan fingerprint density at radius 3 is 1.00 bits per heavy atom. The molecular formula is C39H64O13S6. The Balaban J connectivity index is -0.0000000739. The van der Waals surface area contributed by atoms with Crippen molar-refractivity contribution in [3.63, 3.8) is 0 Å². The van der Waals surface area contributed by atoms with Crippen LogP contribution in [0.2, 0.25) is 0 Å². The minimum Gasteiger partial charge on any atom is -0.478 e. The topological polar surface area (TPSA) is 203 Å². The van der Waals surface area contributed by atoms with Crippen LogP contribution in [0.25, 0.3) is 0 Å². The van der Waals surface area contributed by atoms with Gasteiger partial charge in [0.05, 0.1) is 0 Å². The molecule has 19 heteroatoms. The minimum absolute atomic E-state index is 0. The molecule has 0 saturated carbocycles. The summed E-state index contributed by atoms with van der Waals surface area (Å²) >= 11 is 14.7. The summed E-state index contributed by atoms with van der Waals surface area (Å²) in [7, 11) is 0. The first-order valence-corrected chi connectivity index (χ1v) is 19.0. The highest BCUT2D eigenvalue weighted by molar-refractivity contribution is 8.07. The van der Waals surface area contributed by atoms with E-state index in [2.05, 4.69) is 92.6 Å². The Kier molecular flexibility index (Phi) is 58.5. The maximum absolute atomic E-state index is 11.1. The molecule has 0 fully saturated rings. The van der Waals surface area contributed by atoms with E-state index in [0.29, 0.717) is 5.92 Å². The van der Waals surface area contributed by atoms with Crippen LogP contribution in [0.3, 0.4) is 0 Å². The number of hydrogen-bond acceptors (Lipinski definition) is 16. The van der Waals surface area contributed by atoms with E-state index in [9.17, 15) is 24.0 Å². The monoisotopic (exact) mass is 932 g/mol. The van der Waals surface area contributed by atoms with Gasteiger partial charge in [-0.25, -0.2) is 19.2 Å². The number of ether oxygens (including phenoxy) is 4. The van der Waals surface area contributed by atoms with Crippen LogP contribution < -0.4 is 0 Å². The van der Waals surface area contributed by atoms with Crippen LogP contribution in [0, 0.1) is 53.8 Å². The van der Waals surface area contributed by atoms with Crippen LogP contribution in [0.1, 0.15) is 111 Å². The highest BCUT2D eigenvalue weighted by Crippen LogP contribution is 2.07. The first kappa shape index (κ1) is 75.6. The van der Waals surface area contributed by atoms with Gasteiger partial charge >= 0.3 is 29.8 Å². The third kappa shape index (κ3) is 99.1. The van der Waals surface area contributed by atoms with Gasteiger partial charge in [0.25, 0.3) is 0 Å². The second-order valence-corrected chi connectivity index (χ2v) is 13.7. The lowest BCUT2D eigenvalue weighted by atomic mass is 10.2. The third-order valence-corrected chi connectivity index (χ3v) is 3.55. The largest absolute Gasteiger partial charge is 0.478 e. The number of carbonyl (C=O) groups excluding carboxylic acids is 4. The molecule has 13 nitrogen and oxygen atoms in total. The molecule has 334 valence electrons. The van der Waals surface area contributed by atoms with Gasteiger partial charge in [0.1, 0.15) is 35.1 Å². The summed E-state index contributed by atoms with van der Waals surface area (Å²) < 4.78 is 19.4. The lowest BCUT2D eigenvalue weighted by Crippen LogP contribution is -2.23. The van der Waals surface area contributed by atoms with Crippen molar-refractivity contribution < 1.29 is 63.3 Å². The number of hydrogen-bond donors (Lipinski definition) is 4. The van der Waals surface area contributed by atoms with Gasteiger partial charge in [-0.05, 0) is 102 Å². The molecule has 4 N–H and O–H groups in total. The molecule has 0 spiro atoms. The van der Waals surface area contributed by atoms with Gasteiger partial charge in [-0.15, -0.1) is 6.42 Å². The predicted molar refractivity (Wildman–Crippen MR) is 248 cm³/mol. The number of allylic oxidation sites excluding steroid dienone is 1. The Labute approximate surface area is 380 Å². The highest BCUT2D eigenvalue weighted by Gasteiger charge is 2.16.